The molecule has 0 N–H and O–H groups in total. The Labute approximate surface area is 187 Å². The van der Waals surface area contributed by atoms with Gasteiger partial charge in [-0.25, -0.2) is 0 Å². The topological polar surface area (TPSA) is 76.3 Å². The van der Waals surface area contributed by atoms with E-state index in [1.54, 1.807) is 30.3 Å². The van der Waals surface area contributed by atoms with Crippen LogP contribution in [0.1, 0.15) is 51.6 Å². The number of rotatable bonds is 4. The van der Waals surface area contributed by atoms with Crippen molar-refractivity contribution >= 4 is 44.9 Å². The fourth-order valence-corrected chi connectivity index (χ4v) is 5.10. The van der Waals surface area contributed by atoms with Crippen LogP contribution in [0.2, 0.25) is 5.02 Å². The summed E-state index contributed by atoms with van der Waals surface area (Å²) in [6.07, 6.45) is 1.69. The highest BCUT2D eigenvalue weighted by molar-refractivity contribution is 7.15. The van der Waals surface area contributed by atoms with Crippen LogP contribution in [0, 0.1) is 6.92 Å². The molecule has 8 heteroatoms. The summed E-state index contributed by atoms with van der Waals surface area (Å²) in [5.41, 5.74) is 2.12. The number of halogens is 1. The van der Waals surface area contributed by atoms with Crippen molar-refractivity contribution in [1.29, 1.82) is 0 Å². The van der Waals surface area contributed by atoms with Crippen molar-refractivity contribution < 1.29 is 9.21 Å². The number of carbonyl (C=O) groups is 1. The van der Waals surface area contributed by atoms with Crippen LogP contribution in [0.5, 0.6) is 0 Å². The Hall–Kier alpha value is -3.03. The molecule has 0 saturated heterocycles. The standard InChI is InChI=1S/C23H18ClN3O3S/c1-3-5-17-25-26-23(31-17)27-19(13-6-4-7-14(24)11-13)18-20(28)15-10-12(2)8-9-16(15)30-21(18)22(27)29/h4,6-11,19H,3,5H2,1-2H3. The van der Waals surface area contributed by atoms with Gasteiger partial charge in [-0.05, 0) is 43.2 Å². The molecule has 3 heterocycles. The number of benzene rings is 2. The molecule has 156 valence electrons. The predicted octanol–water partition coefficient (Wildman–Crippen LogP) is 5.31. The average molecular weight is 452 g/mol. The number of fused-ring (bicyclic) bond motifs is 2. The fraction of sp³-hybridized carbons (Fsp3) is 0.217. The van der Waals surface area contributed by atoms with Gasteiger partial charge < -0.3 is 4.42 Å². The van der Waals surface area contributed by atoms with Crippen molar-refractivity contribution in [3.05, 3.63) is 85.2 Å². The van der Waals surface area contributed by atoms with E-state index in [1.165, 1.54) is 16.2 Å². The van der Waals surface area contributed by atoms with Gasteiger partial charge in [0, 0.05) is 11.4 Å². The summed E-state index contributed by atoms with van der Waals surface area (Å²) in [6, 6.07) is 11.8. The normalized spacial score (nSPS) is 15.6. The van der Waals surface area contributed by atoms with Crippen LogP contribution in [0.4, 0.5) is 5.13 Å². The second-order valence-corrected chi connectivity index (χ2v) is 9.01. The molecule has 2 aromatic carbocycles. The molecule has 0 bridgehead atoms. The summed E-state index contributed by atoms with van der Waals surface area (Å²) < 4.78 is 5.97. The molecule has 0 fully saturated rings. The van der Waals surface area contributed by atoms with Crippen molar-refractivity contribution in [2.24, 2.45) is 0 Å². The summed E-state index contributed by atoms with van der Waals surface area (Å²) in [5.74, 6) is -0.364. The van der Waals surface area contributed by atoms with Gasteiger partial charge in [-0.15, -0.1) is 10.2 Å². The zero-order valence-corrected chi connectivity index (χ0v) is 18.5. The minimum absolute atomic E-state index is 0.0403. The van der Waals surface area contributed by atoms with Crippen LogP contribution < -0.4 is 10.3 Å². The van der Waals surface area contributed by atoms with Crippen molar-refractivity contribution in [1.82, 2.24) is 10.2 Å². The molecule has 4 aromatic rings. The number of aryl methyl sites for hydroxylation is 2. The molecular weight excluding hydrogens is 434 g/mol. The van der Waals surface area contributed by atoms with Gasteiger partial charge in [0.15, 0.2) is 5.43 Å². The molecule has 0 saturated carbocycles. The first-order valence-electron chi connectivity index (χ1n) is 9.96. The number of carbonyl (C=O) groups excluding carboxylic acids is 1. The van der Waals surface area contributed by atoms with Crippen LogP contribution in [-0.2, 0) is 6.42 Å². The highest BCUT2D eigenvalue weighted by atomic mass is 35.5. The number of hydrogen-bond acceptors (Lipinski definition) is 6. The van der Waals surface area contributed by atoms with Crippen molar-refractivity contribution in [2.75, 3.05) is 4.90 Å². The minimum Gasteiger partial charge on any atom is -0.450 e. The van der Waals surface area contributed by atoms with E-state index < -0.39 is 11.9 Å². The largest absolute Gasteiger partial charge is 0.450 e. The Balaban J connectivity index is 1.78. The molecule has 0 aliphatic carbocycles. The molecule has 1 amide bonds. The maximum Gasteiger partial charge on any atom is 0.297 e. The van der Waals surface area contributed by atoms with Crippen LogP contribution in [0.3, 0.4) is 0 Å². The van der Waals surface area contributed by atoms with Crippen LogP contribution in [0.25, 0.3) is 11.0 Å². The lowest BCUT2D eigenvalue weighted by Gasteiger charge is -2.22. The van der Waals surface area contributed by atoms with Crippen molar-refractivity contribution in [3.63, 3.8) is 0 Å². The third-order valence-corrected chi connectivity index (χ3v) is 6.53. The minimum atomic E-state index is -0.690. The molecule has 1 aliphatic rings. The van der Waals surface area contributed by atoms with Gasteiger partial charge in [-0.2, -0.15) is 0 Å². The van der Waals surface area contributed by atoms with Gasteiger partial charge in [-0.1, -0.05) is 53.6 Å². The van der Waals surface area contributed by atoms with Gasteiger partial charge in [0.05, 0.1) is 17.0 Å². The zero-order chi connectivity index (χ0) is 21.7. The molecule has 5 rings (SSSR count). The average Bonchev–Trinajstić information content (AvgIpc) is 3.31. The number of hydrogen-bond donors (Lipinski definition) is 0. The van der Waals surface area contributed by atoms with Gasteiger partial charge in [-0.3, -0.25) is 14.5 Å². The monoisotopic (exact) mass is 451 g/mol. The smallest absolute Gasteiger partial charge is 0.297 e. The Morgan fingerprint density at radius 2 is 2.00 bits per heavy atom. The molecule has 0 spiro atoms. The van der Waals surface area contributed by atoms with Gasteiger partial charge in [0.1, 0.15) is 10.6 Å². The Morgan fingerprint density at radius 1 is 1.16 bits per heavy atom. The second kappa shape index (κ2) is 7.59. The number of aromatic nitrogens is 2. The first-order valence-corrected chi connectivity index (χ1v) is 11.2. The molecular formula is C23H18ClN3O3S. The van der Waals surface area contributed by atoms with E-state index in [-0.39, 0.29) is 11.2 Å². The Bertz CT molecular complexity index is 1390. The third-order valence-electron chi connectivity index (χ3n) is 5.32. The Kier molecular flexibility index (Phi) is 4.87. The SMILES string of the molecule is CCCc1nnc(N2C(=O)c3oc4ccc(C)cc4c(=O)c3C2c2cccc(Cl)c2)s1. The highest BCUT2D eigenvalue weighted by Gasteiger charge is 2.45. The van der Waals surface area contributed by atoms with Gasteiger partial charge in [0.2, 0.25) is 10.9 Å². The summed E-state index contributed by atoms with van der Waals surface area (Å²) in [5, 5.41) is 10.7. The van der Waals surface area contributed by atoms with Crippen molar-refractivity contribution in [2.45, 2.75) is 32.7 Å². The molecule has 1 atom stereocenters. The number of anilines is 1. The third kappa shape index (κ3) is 3.25. The number of amides is 1. The maximum absolute atomic E-state index is 13.6. The maximum atomic E-state index is 13.6. The predicted molar refractivity (Wildman–Crippen MR) is 121 cm³/mol. The van der Waals surface area contributed by atoms with Crippen molar-refractivity contribution in [3.8, 4) is 0 Å². The Morgan fingerprint density at radius 3 is 2.77 bits per heavy atom. The molecule has 2 aromatic heterocycles. The van der Waals surface area contributed by atoms with Gasteiger partial charge in [0.25, 0.3) is 5.91 Å². The molecule has 1 unspecified atom stereocenters. The molecule has 6 nitrogen and oxygen atoms in total. The fourth-order valence-electron chi connectivity index (χ4n) is 3.93. The molecule has 1 aliphatic heterocycles. The van der Waals surface area contributed by atoms with E-state index in [9.17, 15) is 9.59 Å². The first-order chi connectivity index (χ1) is 15.0. The van der Waals surface area contributed by atoms with E-state index in [2.05, 4.69) is 17.1 Å². The van der Waals surface area contributed by atoms with E-state index >= 15 is 0 Å². The lowest BCUT2D eigenvalue weighted by molar-refractivity contribution is 0.0970. The van der Waals surface area contributed by atoms with Gasteiger partial charge >= 0.3 is 0 Å². The second-order valence-electron chi connectivity index (χ2n) is 7.53. The number of nitrogens with zero attached hydrogens (tertiary/aromatic N) is 3. The zero-order valence-electron chi connectivity index (χ0n) is 16.9. The molecule has 31 heavy (non-hydrogen) atoms. The summed E-state index contributed by atoms with van der Waals surface area (Å²) in [6.45, 7) is 3.97. The van der Waals surface area contributed by atoms with Crippen LogP contribution in [0.15, 0.2) is 51.7 Å². The lowest BCUT2D eigenvalue weighted by atomic mass is 9.98. The summed E-state index contributed by atoms with van der Waals surface area (Å²) >= 11 is 7.60. The first kappa shape index (κ1) is 19.9. The quantitative estimate of drug-likeness (QED) is 0.420. The van der Waals surface area contributed by atoms with E-state index in [0.717, 1.165) is 23.4 Å². The molecule has 0 radical (unpaired) electrons. The highest BCUT2D eigenvalue weighted by Crippen LogP contribution is 2.42. The van der Waals surface area contributed by atoms with Crippen LogP contribution in [-0.4, -0.2) is 16.1 Å². The van der Waals surface area contributed by atoms with Crippen LogP contribution >= 0.6 is 22.9 Å². The lowest BCUT2D eigenvalue weighted by Crippen LogP contribution is -2.29. The summed E-state index contributed by atoms with van der Waals surface area (Å²) in [7, 11) is 0. The van der Waals surface area contributed by atoms with E-state index in [1.807, 2.05) is 19.1 Å². The van der Waals surface area contributed by atoms with E-state index in [0.29, 0.717) is 32.3 Å². The summed E-state index contributed by atoms with van der Waals surface area (Å²) in [4.78, 5) is 28.6. The van der Waals surface area contributed by atoms with E-state index in [4.69, 9.17) is 16.0 Å².